The number of nitrogens with one attached hydrogen (secondary N) is 1. The van der Waals surface area contributed by atoms with Crippen LogP contribution >= 0.6 is 27.3 Å². The molecule has 0 atom stereocenters. The number of halogens is 2. The second kappa shape index (κ2) is 5.57. The number of hydrogen-bond donors (Lipinski definition) is 1. The summed E-state index contributed by atoms with van der Waals surface area (Å²) in [6.45, 7) is 1.50. The highest BCUT2D eigenvalue weighted by molar-refractivity contribution is 9.10. The first-order valence-electron chi connectivity index (χ1n) is 4.92. The first-order chi connectivity index (χ1) is 7.74. The van der Waals surface area contributed by atoms with E-state index in [2.05, 4.69) is 32.7 Å². The third kappa shape index (κ3) is 3.40. The summed E-state index contributed by atoms with van der Waals surface area (Å²) in [5, 5.41) is 5.34. The van der Waals surface area contributed by atoms with Crippen molar-refractivity contribution in [3.8, 4) is 0 Å². The summed E-state index contributed by atoms with van der Waals surface area (Å²) < 4.78 is 14.0. The minimum absolute atomic E-state index is 0.182. The number of rotatable bonds is 4. The maximum atomic E-state index is 12.9. The van der Waals surface area contributed by atoms with Crippen molar-refractivity contribution in [1.82, 2.24) is 5.32 Å². The molecule has 0 radical (unpaired) electrons. The Morgan fingerprint density at radius 1 is 1.25 bits per heavy atom. The van der Waals surface area contributed by atoms with Gasteiger partial charge in [-0.1, -0.05) is 12.1 Å². The van der Waals surface area contributed by atoms with Crippen molar-refractivity contribution in [1.29, 1.82) is 0 Å². The summed E-state index contributed by atoms with van der Waals surface area (Å²) in [6.07, 6.45) is 0. The molecule has 2 aromatic rings. The summed E-state index contributed by atoms with van der Waals surface area (Å²) in [6, 6.07) is 8.74. The van der Waals surface area contributed by atoms with Gasteiger partial charge < -0.3 is 5.32 Å². The van der Waals surface area contributed by atoms with Crippen molar-refractivity contribution >= 4 is 27.3 Å². The van der Waals surface area contributed by atoms with Gasteiger partial charge in [0.1, 0.15) is 5.82 Å². The number of hydrogen-bond acceptors (Lipinski definition) is 2. The minimum atomic E-state index is -0.182. The summed E-state index contributed by atoms with van der Waals surface area (Å²) >= 11 is 5.12. The highest BCUT2D eigenvalue weighted by Gasteiger charge is 1.98. The van der Waals surface area contributed by atoms with Gasteiger partial charge in [-0.3, -0.25) is 0 Å². The summed E-state index contributed by atoms with van der Waals surface area (Å²) in [5.41, 5.74) is 0.968. The van der Waals surface area contributed by atoms with Crippen LogP contribution in [-0.4, -0.2) is 0 Å². The molecule has 0 bridgehead atoms. The molecule has 84 valence electrons. The Hall–Kier alpha value is -0.710. The molecule has 1 aromatic heterocycles. The lowest BCUT2D eigenvalue weighted by atomic mass is 10.2. The van der Waals surface area contributed by atoms with Gasteiger partial charge in [-0.25, -0.2) is 4.39 Å². The van der Waals surface area contributed by atoms with Gasteiger partial charge in [-0.05, 0) is 39.7 Å². The van der Waals surface area contributed by atoms with E-state index < -0.39 is 0 Å². The van der Waals surface area contributed by atoms with E-state index in [1.165, 1.54) is 10.9 Å². The average molecular weight is 300 g/mol. The smallest absolute Gasteiger partial charge is 0.123 e. The molecular weight excluding hydrogens is 289 g/mol. The van der Waals surface area contributed by atoms with Crippen molar-refractivity contribution < 1.29 is 4.39 Å². The Kier molecular flexibility index (Phi) is 4.09. The van der Waals surface area contributed by atoms with Crippen molar-refractivity contribution in [3.63, 3.8) is 0 Å². The van der Waals surface area contributed by atoms with E-state index in [1.807, 2.05) is 6.07 Å². The highest BCUT2D eigenvalue weighted by atomic mass is 79.9. The van der Waals surface area contributed by atoms with Gasteiger partial charge in [0.25, 0.3) is 0 Å². The van der Waals surface area contributed by atoms with Crippen molar-refractivity contribution in [3.05, 3.63) is 56.4 Å². The standard InChI is InChI=1S/C12H11BrFNS/c13-10-5-12(16-8-10)7-15-6-9-2-1-3-11(14)4-9/h1-5,8,15H,6-7H2. The molecule has 1 nitrogen and oxygen atoms in total. The zero-order valence-corrected chi connectivity index (χ0v) is 10.9. The molecule has 0 amide bonds. The zero-order valence-electron chi connectivity index (χ0n) is 8.54. The molecule has 0 spiro atoms. The molecule has 4 heteroatoms. The third-order valence-electron chi connectivity index (χ3n) is 2.14. The molecule has 0 saturated heterocycles. The van der Waals surface area contributed by atoms with Crippen LogP contribution in [0.25, 0.3) is 0 Å². The molecule has 0 aliphatic rings. The minimum Gasteiger partial charge on any atom is -0.308 e. The maximum Gasteiger partial charge on any atom is 0.123 e. The largest absolute Gasteiger partial charge is 0.308 e. The zero-order chi connectivity index (χ0) is 11.4. The van der Waals surface area contributed by atoms with E-state index in [1.54, 1.807) is 23.5 Å². The number of benzene rings is 1. The van der Waals surface area contributed by atoms with E-state index in [9.17, 15) is 4.39 Å². The lowest BCUT2D eigenvalue weighted by molar-refractivity contribution is 0.620. The van der Waals surface area contributed by atoms with Crippen LogP contribution in [0.2, 0.25) is 0 Å². The van der Waals surface area contributed by atoms with Gasteiger partial charge in [0.15, 0.2) is 0 Å². The van der Waals surface area contributed by atoms with Gasteiger partial charge in [-0.15, -0.1) is 11.3 Å². The van der Waals surface area contributed by atoms with Crippen LogP contribution in [-0.2, 0) is 13.1 Å². The van der Waals surface area contributed by atoms with Crippen LogP contribution in [0.5, 0.6) is 0 Å². The third-order valence-corrected chi connectivity index (χ3v) is 3.84. The van der Waals surface area contributed by atoms with Crippen LogP contribution in [0.15, 0.2) is 40.2 Å². The van der Waals surface area contributed by atoms with E-state index in [0.29, 0.717) is 6.54 Å². The van der Waals surface area contributed by atoms with Gasteiger partial charge in [0.2, 0.25) is 0 Å². The second-order valence-corrected chi connectivity index (χ2v) is 5.38. The average Bonchev–Trinajstić information content (AvgIpc) is 2.64. The Bertz CT molecular complexity index is 470. The maximum absolute atomic E-state index is 12.9. The summed E-state index contributed by atoms with van der Waals surface area (Å²) in [4.78, 5) is 1.27. The molecule has 1 heterocycles. The number of thiophene rings is 1. The fourth-order valence-electron chi connectivity index (χ4n) is 1.42. The van der Waals surface area contributed by atoms with Crippen molar-refractivity contribution in [2.24, 2.45) is 0 Å². The van der Waals surface area contributed by atoms with E-state index >= 15 is 0 Å². The first-order valence-corrected chi connectivity index (χ1v) is 6.59. The predicted octanol–water partition coefficient (Wildman–Crippen LogP) is 3.94. The summed E-state index contributed by atoms with van der Waals surface area (Å²) in [5.74, 6) is -0.182. The lowest BCUT2D eigenvalue weighted by Crippen LogP contribution is -2.11. The fourth-order valence-corrected chi connectivity index (χ4v) is 2.84. The quantitative estimate of drug-likeness (QED) is 0.902. The second-order valence-electron chi connectivity index (χ2n) is 3.46. The van der Waals surface area contributed by atoms with Crippen LogP contribution in [0.1, 0.15) is 10.4 Å². The monoisotopic (exact) mass is 299 g/mol. The normalized spacial score (nSPS) is 10.6. The SMILES string of the molecule is Fc1cccc(CNCc2cc(Br)cs2)c1. The first kappa shape index (κ1) is 11.8. The molecule has 1 aromatic carbocycles. The van der Waals surface area contributed by atoms with Gasteiger partial charge in [0.05, 0.1) is 0 Å². The van der Waals surface area contributed by atoms with Crippen LogP contribution in [0.4, 0.5) is 4.39 Å². The van der Waals surface area contributed by atoms with Crippen LogP contribution < -0.4 is 5.32 Å². The van der Waals surface area contributed by atoms with Gasteiger partial charge in [-0.2, -0.15) is 0 Å². The predicted molar refractivity (Wildman–Crippen MR) is 69.0 cm³/mol. The molecule has 1 N–H and O–H groups in total. The molecule has 0 saturated carbocycles. The molecule has 0 aliphatic heterocycles. The van der Waals surface area contributed by atoms with Crippen LogP contribution in [0.3, 0.4) is 0 Å². The Morgan fingerprint density at radius 3 is 2.81 bits per heavy atom. The van der Waals surface area contributed by atoms with Crippen LogP contribution in [0, 0.1) is 5.82 Å². The molecule has 0 fully saturated rings. The Balaban J connectivity index is 1.84. The molecule has 0 unspecified atom stereocenters. The van der Waals surface area contributed by atoms with Gasteiger partial charge in [0, 0.05) is 27.8 Å². The molecule has 16 heavy (non-hydrogen) atoms. The van der Waals surface area contributed by atoms with E-state index in [-0.39, 0.29) is 5.82 Å². The topological polar surface area (TPSA) is 12.0 Å². The van der Waals surface area contributed by atoms with E-state index in [4.69, 9.17) is 0 Å². The highest BCUT2D eigenvalue weighted by Crippen LogP contribution is 2.19. The van der Waals surface area contributed by atoms with Crippen molar-refractivity contribution in [2.75, 3.05) is 0 Å². The Labute approximate surface area is 106 Å². The lowest BCUT2D eigenvalue weighted by Gasteiger charge is -2.03. The molecule has 2 rings (SSSR count). The fraction of sp³-hybridized carbons (Fsp3) is 0.167. The Morgan fingerprint density at radius 2 is 2.12 bits per heavy atom. The molecular formula is C12H11BrFNS. The van der Waals surface area contributed by atoms with Crippen molar-refractivity contribution in [2.45, 2.75) is 13.1 Å². The molecule has 0 aliphatic carbocycles. The van der Waals surface area contributed by atoms with E-state index in [0.717, 1.165) is 16.6 Å². The van der Waals surface area contributed by atoms with Gasteiger partial charge >= 0.3 is 0 Å². The summed E-state index contributed by atoms with van der Waals surface area (Å²) in [7, 11) is 0.